The normalized spacial score (nSPS) is 24.0. The zero-order chi connectivity index (χ0) is 14.9. The minimum Gasteiger partial charge on any atom is -0.375 e. The maximum absolute atomic E-state index is 9.40. The average Bonchev–Trinajstić information content (AvgIpc) is 2.45. The van der Waals surface area contributed by atoms with Crippen molar-refractivity contribution in [1.29, 1.82) is 5.26 Å². The van der Waals surface area contributed by atoms with E-state index < -0.39 is 0 Å². The summed E-state index contributed by atoms with van der Waals surface area (Å²) in [6.45, 7) is 5.00. The lowest BCUT2D eigenvalue weighted by Crippen LogP contribution is -2.40. The number of hydrogen-bond donors (Lipinski definition) is 1. The first-order valence-electron chi connectivity index (χ1n) is 7.91. The number of anilines is 1. The van der Waals surface area contributed by atoms with Crippen LogP contribution in [0.3, 0.4) is 0 Å². The molecule has 4 nitrogen and oxygen atoms in total. The summed E-state index contributed by atoms with van der Waals surface area (Å²) >= 11 is 0. The Balaban J connectivity index is 1.83. The SMILES string of the molecule is CC1(C)CC(Nc2nc3c(cc2C#N)CCCC3)CCO1. The molecular formula is C17H23N3O. The van der Waals surface area contributed by atoms with Crippen molar-refractivity contribution in [3.63, 3.8) is 0 Å². The fourth-order valence-corrected chi connectivity index (χ4v) is 3.38. The number of pyridine rings is 1. The molecule has 1 aliphatic heterocycles. The van der Waals surface area contributed by atoms with E-state index in [2.05, 4.69) is 25.2 Å². The van der Waals surface area contributed by atoms with Crippen LogP contribution in [0.2, 0.25) is 0 Å². The molecule has 0 amide bonds. The summed E-state index contributed by atoms with van der Waals surface area (Å²) < 4.78 is 5.75. The number of aryl methyl sites for hydroxylation is 2. The van der Waals surface area contributed by atoms with Crippen LogP contribution in [-0.4, -0.2) is 23.2 Å². The second-order valence-corrected chi connectivity index (χ2v) is 6.75. The molecule has 1 aromatic rings. The van der Waals surface area contributed by atoms with Gasteiger partial charge in [-0.1, -0.05) is 0 Å². The van der Waals surface area contributed by atoms with E-state index in [4.69, 9.17) is 9.72 Å². The van der Waals surface area contributed by atoms with Gasteiger partial charge >= 0.3 is 0 Å². The van der Waals surface area contributed by atoms with Crippen LogP contribution in [0.15, 0.2) is 6.07 Å². The van der Waals surface area contributed by atoms with Crippen molar-refractivity contribution in [3.8, 4) is 6.07 Å². The second-order valence-electron chi connectivity index (χ2n) is 6.75. The van der Waals surface area contributed by atoms with Crippen molar-refractivity contribution in [2.45, 2.75) is 64.0 Å². The first-order chi connectivity index (χ1) is 10.1. The van der Waals surface area contributed by atoms with Gasteiger partial charge in [-0.15, -0.1) is 0 Å². The Hall–Kier alpha value is -1.60. The highest BCUT2D eigenvalue weighted by Gasteiger charge is 2.29. The maximum atomic E-state index is 9.40. The molecule has 3 rings (SSSR count). The monoisotopic (exact) mass is 285 g/mol. The van der Waals surface area contributed by atoms with E-state index >= 15 is 0 Å². The number of ether oxygens (including phenoxy) is 1. The van der Waals surface area contributed by atoms with Crippen LogP contribution in [0.25, 0.3) is 0 Å². The van der Waals surface area contributed by atoms with Gasteiger partial charge in [-0.2, -0.15) is 5.26 Å². The van der Waals surface area contributed by atoms with Gasteiger partial charge in [0.1, 0.15) is 11.9 Å². The molecule has 1 fully saturated rings. The highest BCUT2D eigenvalue weighted by Crippen LogP contribution is 2.29. The van der Waals surface area contributed by atoms with Crippen LogP contribution < -0.4 is 5.32 Å². The molecule has 0 saturated carbocycles. The average molecular weight is 285 g/mol. The molecule has 0 radical (unpaired) electrons. The smallest absolute Gasteiger partial charge is 0.144 e. The predicted octanol–water partition coefficient (Wildman–Crippen LogP) is 3.20. The van der Waals surface area contributed by atoms with Gasteiger partial charge in [-0.25, -0.2) is 4.98 Å². The van der Waals surface area contributed by atoms with Crippen LogP contribution in [0, 0.1) is 11.3 Å². The van der Waals surface area contributed by atoms with Gasteiger partial charge < -0.3 is 10.1 Å². The molecule has 1 N–H and O–H groups in total. The molecule has 1 atom stereocenters. The molecule has 21 heavy (non-hydrogen) atoms. The van der Waals surface area contributed by atoms with Gasteiger partial charge in [-0.3, -0.25) is 0 Å². The highest BCUT2D eigenvalue weighted by atomic mass is 16.5. The lowest BCUT2D eigenvalue weighted by Gasteiger charge is -2.36. The Kier molecular flexibility index (Phi) is 3.86. The van der Waals surface area contributed by atoms with Crippen molar-refractivity contribution in [2.75, 3.05) is 11.9 Å². The molecule has 1 aliphatic carbocycles. The third kappa shape index (κ3) is 3.19. The Morgan fingerprint density at radius 2 is 2.19 bits per heavy atom. The minimum absolute atomic E-state index is 0.100. The van der Waals surface area contributed by atoms with Crippen molar-refractivity contribution < 1.29 is 4.74 Å². The maximum Gasteiger partial charge on any atom is 0.144 e. The van der Waals surface area contributed by atoms with Gasteiger partial charge in [-0.05, 0) is 64.0 Å². The zero-order valence-corrected chi connectivity index (χ0v) is 12.9. The molecule has 4 heteroatoms. The largest absolute Gasteiger partial charge is 0.375 e. The summed E-state index contributed by atoms with van der Waals surface area (Å²) in [4.78, 5) is 4.75. The number of hydrogen-bond acceptors (Lipinski definition) is 4. The second kappa shape index (κ2) is 5.65. The number of rotatable bonds is 2. The molecular weight excluding hydrogens is 262 g/mol. The van der Waals surface area contributed by atoms with Crippen molar-refractivity contribution in [1.82, 2.24) is 4.98 Å². The Labute approximate surface area is 126 Å². The summed E-state index contributed by atoms with van der Waals surface area (Å²) in [5.41, 5.74) is 3.02. The van der Waals surface area contributed by atoms with E-state index in [1.165, 1.54) is 24.1 Å². The van der Waals surface area contributed by atoms with Gasteiger partial charge in [0.15, 0.2) is 0 Å². The van der Waals surface area contributed by atoms with Gasteiger partial charge in [0.05, 0.1) is 11.2 Å². The molecule has 2 heterocycles. The number of nitrogens with zero attached hydrogens (tertiary/aromatic N) is 2. The Bertz CT molecular complexity index is 574. The van der Waals surface area contributed by atoms with Crippen molar-refractivity contribution >= 4 is 5.82 Å². The number of nitrogens with one attached hydrogen (secondary N) is 1. The predicted molar refractivity (Wildman–Crippen MR) is 82.3 cm³/mol. The summed E-state index contributed by atoms with van der Waals surface area (Å²) in [5.74, 6) is 0.765. The van der Waals surface area contributed by atoms with E-state index in [0.717, 1.165) is 38.1 Å². The number of nitriles is 1. The topological polar surface area (TPSA) is 57.9 Å². The van der Waals surface area contributed by atoms with E-state index in [9.17, 15) is 5.26 Å². The molecule has 0 bridgehead atoms. The van der Waals surface area contributed by atoms with Crippen LogP contribution in [-0.2, 0) is 17.6 Å². The van der Waals surface area contributed by atoms with Gasteiger partial charge in [0, 0.05) is 18.3 Å². The van der Waals surface area contributed by atoms with E-state index in [1.54, 1.807) is 0 Å². The third-order valence-electron chi connectivity index (χ3n) is 4.46. The number of aromatic nitrogens is 1. The molecule has 1 saturated heterocycles. The summed E-state index contributed by atoms with van der Waals surface area (Å²) in [6.07, 6.45) is 6.41. The fourth-order valence-electron chi connectivity index (χ4n) is 3.38. The molecule has 1 unspecified atom stereocenters. The van der Waals surface area contributed by atoms with E-state index in [-0.39, 0.29) is 5.60 Å². The standard InChI is InChI=1S/C17H23N3O/c1-17(2)10-14(7-8-21-17)19-16-13(11-18)9-12-5-3-4-6-15(12)20-16/h9,14H,3-8,10H2,1-2H3,(H,19,20). The lowest BCUT2D eigenvalue weighted by atomic mass is 9.93. The first-order valence-corrected chi connectivity index (χ1v) is 7.91. The Morgan fingerprint density at radius 1 is 1.38 bits per heavy atom. The summed E-state index contributed by atoms with van der Waals surface area (Å²) in [7, 11) is 0. The van der Waals surface area contributed by atoms with Crippen molar-refractivity contribution in [2.24, 2.45) is 0 Å². The summed E-state index contributed by atoms with van der Waals surface area (Å²) in [5, 5.41) is 12.9. The van der Waals surface area contributed by atoms with E-state index in [1.807, 2.05) is 6.07 Å². The Morgan fingerprint density at radius 3 is 2.95 bits per heavy atom. The quantitative estimate of drug-likeness (QED) is 0.906. The third-order valence-corrected chi connectivity index (χ3v) is 4.46. The zero-order valence-electron chi connectivity index (χ0n) is 12.9. The molecule has 2 aliphatic rings. The molecule has 112 valence electrons. The minimum atomic E-state index is -0.100. The first kappa shape index (κ1) is 14.3. The molecule has 1 aromatic heterocycles. The molecule has 0 aromatic carbocycles. The number of fused-ring (bicyclic) bond motifs is 1. The van der Waals surface area contributed by atoms with Crippen LogP contribution in [0.4, 0.5) is 5.82 Å². The molecule has 0 spiro atoms. The van der Waals surface area contributed by atoms with Crippen LogP contribution in [0.1, 0.15) is 56.4 Å². The lowest BCUT2D eigenvalue weighted by molar-refractivity contribution is -0.0553. The fraction of sp³-hybridized carbons (Fsp3) is 0.647. The highest BCUT2D eigenvalue weighted by molar-refractivity contribution is 5.55. The van der Waals surface area contributed by atoms with Crippen LogP contribution >= 0.6 is 0 Å². The van der Waals surface area contributed by atoms with Crippen LogP contribution in [0.5, 0.6) is 0 Å². The van der Waals surface area contributed by atoms with E-state index in [0.29, 0.717) is 11.6 Å². The van der Waals surface area contributed by atoms with Gasteiger partial charge in [0.25, 0.3) is 0 Å². The van der Waals surface area contributed by atoms with Crippen molar-refractivity contribution in [3.05, 3.63) is 22.9 Å². The van der Waals surface area contributed by atoms with Gasteiger partial charge in [0.2, 0.25) is 0 Å². The summed E-state index contributed by atoms with van der Waals surface area (Å²) in [6, 6.07) is 4.66.